The Bertz CT molecular complexity index is 2860. The summed E-state index contributed by atoms with van der Waals surface area (Å²) in [5.74, 6) is 3.93. The van der Waals surface area contributed by atoms with Crippen molar-refractivity contribution in [3.8, 4) is 67.4 Å². The fourth-order valence-electron chi connectivity index (χ4n) is 8.35. The molecule has 0 aliphatic rings. The number of nitrogens with zero attached hydrogens (tertiary/aromatic N) is 4. The minimum atomic E-state index is 0.238. The molecule has 4 aromatic carbocycles. The van der Waals surface area contributed by atoms with Gasteiger partial charge in [0.05, 0.1) is 22.8 Å². The average Bonchev–Trinajstić information content (AvgIpc) is 4.01. The maximum Gasteiger partial charge on any atom is 0.134 e. The van der Waals surface area contributed by atoms with Crippen LogP contribution in [-0.2, 0) is 0 Å². The average molecular weight is 825 g/mol. The van der Waals surface area contributed by atoms with E-state index in [0.29, 0.717) is 0 Å². The molecule has 5 heterocycles. The van der Waals surface area contributed by atoms with Crippen LogP contribution in [-0.4, -0.2) is 15.0 Å². The van der Waals surface area contributed by atoms with Crippen LogP contribution in [0.3, 0.4) is 0 Å². The Morgan fingerprint density at radius 3 is 1.29 bits per heavy atom. The number of pyridine rings is 3. The van der Waals surface area contributed by atoms with Crippen molar-refractivity contribution in [3.63, 3.8) is 0 Å². The van der Waals surface area contributed by atoms with Gasteiger partial charge in [-0.1, -0.05) is 88.4 Å². The molecule has 0 aliphatic heterocycles. The van der Waals surface area contributed by atoms with Crippen molar-refractivity contribution in [1.29, 1.82) is 0 Å². The lowest BCUT2D eigenvalue weighted by atomic mass is 9.96. The Morgan fingerprint density at radius 2 is 0.873 bits per heavy atom. The summed E-state index contributed by atoms with van der Waals surface area (Å²) >= 11 is 0. The number of hydrogen-bond acceptors (Lipinski definition) is 6. The molecule has 0 saturated carbocycles. The van der Waals surface area contributed by atoms with Crippen LogP contribution in [0.1, 0.15) is 73.4 Å². The van der Waals surface area contributed by atoms with Crippen molar-refractivity contribution in [2.45, 2.75) is 67.2 Å². The van der Waals surface area contributed by atoms with Gasteiger partial charge in [0, 0.05) is 64.1 Å². The zero-order valence-electron chi connectivity index (χ0n) is 37.3. The van der Waals surface area contributed by atoms with Gasteiger partial charge < -0.3 is 13.7 Å². The number of benzene rings is 4. The Kier molecular flexibility index (Phi) is 11.2. The second-order valence-corrected chi connectivity index (χ2v) is 17.1. The van der Waals surface area contributed by atoms with Gasteiger partial charge in [0.2, 0.25) is 0 Å². The lowest BCUT2D eigenvalue weighted by Gasteiger charge is -2.30. The third-order valence-corrected chi connectivity index (χ3v) is 11.8. The summed E-state index contributed by atoms with van der Waals surface area (Å²) in [6, 6.07) is 49.1. The Labute approximate surface area is 371 Å². The fourth-order valence-corrected chi connectivity index (χ4v) is 8.35. The summed E-state index contributed by atoms with van der Waals surface area (Å²) in [6.07, 6.45) is 5.83. The smallest absolute Gasteiger partial charge is 0.134 e. The second-order valence-electron chi connectivity index (χ2n) is 17.1. The molecule has 0 spiro atoms. The predicted molar refractivity (Wildman–Crippen MR) is 259 cm³/mol. The number of aromatic nitrogens is 3. The number of anilines is 3. The van der Waals surface area contributed by atoms with E-state index < -0.39 is 0 Å². The van der Waals surface area contributed by atoms with E-state index in [1.165, 1.54) is 0 Å². The van der Waals surface area contributed by atoms with Crippen LogP contribution in [0, 0.1) is 27.7 Å². The van der Waals surface area contributed by atoms with Gasteiger partial charge in [0.25, 0.3) is 0 Å². The van der Waals surface area contributed by atoms with E-state index in [0.717, 1.165) is 118 Å². The largest absolute Gasteiger partial charge is 0.461 e. The van der Waals surface area contributed by atoms with Crippen molar-refractivity contribution in [3.05, 3.63) is 192 Å². The molecule has 0 fully saturated rings. The summed E-state index contributed by atoms with van der Waals surface area (Å²) in [7, 11) is 0. The molecule has 5 aromatic heterocycles. The minimum Gasteiger partial charge on any atom is -0.461 e. The highest BCUT2D eigenvalue weighted by atomic mass is 16.3. The molecule has 312 valence electrons. The third-order valence-electron chi connectivity index (χ3n) is 11.8. The number of aryl methyl sites for hydroxylation is 4. The van der Waals surface area contributed by atoms with Crippen molar-refractivity contribution in [1.82, 2.24) is 15.0 Å². The van der Waals surface area contributed by atoms with Crippen LogP contribution in [0.2, 0.25) is 0 Å². The molecule has 0 aliphatic carbocycles. The SMILES string of the molecule is Cc1cnc(-c2cc(-c3ccc(C(C)C)o3)cc(N(c3cc(-c4cc(-c5ccccc5)c(C)cn4)cc(-c4ccc(C(C)C)o4)c3)c3c(C)ccnc3C)c2)cc1-c1ccccc1. The summed E-state index contributed by atoms with van der Waals surface area (Å²) < 4.78 is 13.2. The molecule has 6 heteroatoms. The Hall–Kier alpha value is -7.31. The highest BCUT2D eigenvalue weighted by Crippen LogP contribution is 2.45. The molecule has 63 heavy (non-hydrogen) atoms. The quantitative estimate of drug-likeness (QED) is 0.129. The van der Waals surface area contributed by atoms with E-state index in [1.807, 2.05) is 18.6 Å². The summed E-state index contributed by atoms with van der Waals surface area (Å²) in [5, 5.41) is 0. The molecule has 0 bridgehead atoms. The first kappa shape index (κ1) is 41.1. The molecule has 0 atom stereocenters. The van der Waals surface area contributed by atoms with Crippen LogP contribution in [0.4, 0.5) is 17.1 Å². The normalized spacial score (nSPS) is 11.5. The Morgan fingerprint density at radius 1 is 0.429 bits per heavy atom. The van der Waals surface area contributed by atoms with Gasteiger partial charge in [-0.25, -0.2) is 0 Å². The van der Waals surface area contributed by atoms with Crippen LogP contribution in [0.25, 0.3) is 67.4 Å². The van der Waals surface area contributed by atoms with Crippen molar-refractivity contribution < 1.29 is 8.83 Å². The molecule has 6 nitrogen and oxygen atoms in total. The van der Waals surface area contributed by atoms with Crippen molar-refractivity contribution >= 4 is 17.1 Å². The van der Waals surface area contributed by atoms with Gasteiger partial charge in [-0.15, -0.1) is 0 Å². The summed E-state index contributed by atoms with van der Waals surface area (Å²) in [6.45, 7) is 17.1. The number of rotatable bonds is 11. The van der Waals surface area contributed by atoms with E-state index in [9.17, 15) is 0 Å². The molecular formula is C57H52N4O2. The molecule has 0 saturated heterocycles. The monoisotopic (exact) mass is 824 g/mol. The minimum absolute atomic E-state index is 0.238. The Balaban J connectivity index is 1.32. The molecule has 9 aromatic rings. The molecule has 0 radical (unpaired) electrons. The first-order valence-electron chi connectivity index (χ1n) is 21.8. The van der Waals surface area contributed by atoms with Crippen LogP contribution in [0.5, 0.6) is 0 Å². The molecule has 0 unspecified atom stereocenters. The molecular weight excluding hydrogens is 773 g/mol. The topological polar surface area (TPSA) is 68.2 Å². The highest BCUT2D eigenvalue weighted by molar-refractivity contribution is 5.89. The standard InChI is InChI=1S/C57H52N4O2/c1-35(2)53-19-21-55(62-53)45-25-43(51-31-49(38(6)33-59-51)41-15-11-9-12-16-41)27-47(29-45)61(57-37(5)23-24-58-40(57)8)48-28-44(26-46(30-48)56-22-20-54(63-56)36(3)4)52-32-50(39(7)34-60-52)42-17-13-10-14-18-42/h9-36H,1-8H3. The highest BCUT2D eigenvalue weighted by Gasteiger charge is 2.24. The first-order valence-corrected chi connectivity index (χ1v) is 21.8. The zero-order chi connectivity index (χ0) is 43.8. The van der Waals surface area contributed by atoms with E-state index in [-0.39, 0.29) is 11.8 Å². The number of furan rings is 2. The van der Waals surface area contributed by atoms with Gasteiger partial charge >= 0.3 is 0 Å². The second kappa shape index (κ2) is 17.2. The van der Waals surface area contributed by atoms with E-state index in [2.05, 4.69) is 200 Å². The lowest BCUT2D eigenvalue weighted by Crippen LogP contribution is -2.14. The van der Waals surface area contributed by atoms with E-state index in [4.69, 9.17) is 23.8 Å². The van der Waals surface area contributed by atoms with Gasteiger partial charge in [0.1, 0.15) is 23.0 Å². The van der Waals surface area contributed by atoms with Gasteiger partial charge in [-0.05, 0) is 146 Å². The van der Waals surface area contributed by atoms with Crippen molar-refractivity contribution in [2.24, 2.45) is 0 Å². The molecule has 9 rings (SSSR count). The zero-order valence-corrected chi connectivity index (χ0v) is 37.3. The van der Waals surface area contributed by atoms with E-state index in [1.54, 1.807) is 0 Å². The van der Waals surface area contributed by atoms with Crippen LogP contribution < -0.4 is 4.90 Å². The first-order chi connectivity index (χ1) is 30.5. The van der Waals surface area contributed by atoms with Crippen LogP contribution >= 0.6 is 0 Å². The predicted octanol–water partition coefficient (Wildman–Crippen LogP) is 16.0. The van der Waals surface area contributed by atoms with Gasteiger partial charge in [0.15, 0.2) is 0 Å². The lowest BCUT2D eigenvalue weighted by molar-refractivity contribution is 0.498. The van der Waals surface area contributed by atoms with Gasteiger partial charge in [-0.3, -0.25) is 15.0 Å². The molecule has 0 amide bonds. The van der Waals surface area contributed by atoms with Crippen LogP contribution in [0.15, 0.2) is 167 Å². The maximum atomic E-state index is 6.59. The fraction of sp³-hybridized carbons (Fsp3) is 0.175. The number of hydrogen-bond donors (Lipinski definition) is 0. The third kappa shape index (κ3) is 8.37. The van der Waals surface area contributed by atoms with Gasteiger partial charge in [-0.2, -0.15) is 0 Å². The molecule has 0 N–H and O–H groups in total. The van der Waals surface area contributed by atoms with E-state index >= 15 is 0 Å². The summed E-state index contributed by atoms with van der Waals surface area (Å²) in [4.78, 5) is 17.3. The van der Waals surface area contributed by atoms with Crippen molar-refractivity contribution in [2.75, 3.05) is 4.90 Å². The maximum absolute atomic E-state index is 6.59. The summed E-state index contributed by atoms with van der Waals surface area (Å²) in [5.41, 5.74) is 17.2.